The van der Waals surface area contributed by atoms with Crippen LogP contribution in [0.3, 0.4) is 0 Å². The monoisotopic (exact) mass is 268 g/mol. The molecule has 0 spiro atoms. The lowest BCUT2D eigenvalue weighted by atomic mass is 10.1. The Morgan fingerprint density at radius 3 is 2.87 bits per heavy atom. The standard InChI is InChI=1S/C10H9BrN2O2/c1-6-2-3-7(8(11)4-6)10-12-9(5-14)15-13-10/h2-4,14H,5H2,1H3. The molecule has 2 aromatic rings. The fourth-order valence-electron chi connectivity index (χ4n) is 1.23. The summed E-state index contributed by atoms with van der Waals surface area (Å²) in [4.78, 5) is 4.03. The van der Waals surface area contributed by atoms with Crippen molar-refractivity contribution in [2.75, 3.05) is 0 Å². The van der Waals surface area contributed by atoms with Gasteiger partial charge in [-0.05, 0) is 24.6 Å². The molecule has 0 atom stereocenters. The Labute approximate surface area is 95.1 Å². The highest BCUT2D eigenvalue weighted by molar-refractivity contribution is 9.10. The Balaban J connectivity index is 2.44. The average Bonchev–Trinajstić information content (AvgIpc) is 2.66. The average molecular weight is 269 g/mol. The second-order valence-corrected chi connectivity index (χ2v) is 4.01. The molecular weight excluding hydrogens is 260 g/mol. The first-order chi connectivity index (χ1) is 7.20. The summed E-state index contributed by atoms with van der Waals surface area (Å²) in [6, 6.07) is 5.85. The topological polar surface area (TPSA) is 59.2 Å². The zero-order valence-electron chi connectivity index (χ0n) is 8.07. The third kappa shape index (κ3) is 2.08. The smallest absolute Gasteiger partial charge is 0.252 e. The molecule has 15 heavy (non-hydrogen) atoms. The van der Waals surface area contributed by atoms with Gasteiger partial charge in [0.05, 0.1) is 0 Å². The normalized spacial score (nSPS) is 10.6. The van der Waals surface area contributed by atoms with Crippen LogP contribution in [-0.2, 0) is 6.61 Å². The molecule has 1 aromatic carbocycles. The number of aromatic nitrogens is 2. The second kappa shape index (κ2) is 4.12. The molecule has 0 aliphatic carbocycles. The van der Waals surface area contributed by atoms with E-state index in [1.165, 1.54) is 0 Å². The van der Waals surface area contributed by atoms with E-state index in [9.17, 15) is 0 Å². The second-order valence-electron chi connectivity index (χ2n) is 3.15. The highest BCUT2D eigenvalue weighted by Gasteiger charge is 2.10. The van der Waals surface area contributed by atoms with Crippen LogP contribution in [0.4, 0.5) is 0 Å². The lowest BCUT2D eigenvalue weighted by Gasteiger charge is -1.99. The van der Waals surface area contributed by atoms with E-state index >= 15 is 0 Å². The first kappa shape index (κ1) is 10.3. The zero-order valence-corrected chi connectivity index (χ0v) is 9.65. The molecule has 5 heteroatoms. The van der Waals surface area contributed by atoms with Crippen molar-refractivity contribution in [3.63, 3.8) is 0 Å². The van der Waals surface area contributed by atoms with Crippen molar-refractivity contribution in [3.05, 3.63) is 34.1 Å². The molecule has 0 radical (unpaired) electrons. The molecule has 2 rings (SSSR count). The molecule has 78 valence electrons. The number of nitrogens with zero attached hydrogens (tertiary/aromatic N) is 2. The molecule has 0 fully saturated rings. The lowest BCUT2D eigenvalue weighted by Crippen LogP contribution is -1.85. The van der Waals surface area contributed by atoms with Crippen LogP contribution in [0.5, 0.6) is 0 Å². The molecule has 1 N–H and O–H groups in total. The molecule has 4 nitrogen and oxygen atoms in total. The number of halogens is 1. The molecule has 1 heterocycles. The van der Waals surface area contributed by atoms with Crippen molar-refractivity contribution in [1.29, 1.82) is 0 Å². The summed E-state index contributed by atoms with van der Waals surface area (Å²) >= 11 is 3.43. The molecule has 0 saturated carbocycles. The first-order valence-corrected chi connectivity index (χ1v) is 5.20. The Morgan fingerprint density at radius 2 is 2.27 bits per heavy atom. The predicted molar refractivity (Wildman–Crippen MR) is 58.1 cm³/mol. The summed E-state index contributed by atoms with van der Waals surface area (Å²) in [6.45, 7) is 1.76. The van der Waals surface area contributed by atoms with Crippen molar-refractivity contribution in [3.8, 4) is 11.4 Å². The third-order valence-electron chi connectivity index (χ3n) is 1.97. The van der Waals surface area contributed by atoms with Gasteiger partial charge >= 0.3 is 0 Å². The van der Waals surface area contributed by atoms with Crippen LogP contribution in [0.1, 0.15) is 11.5 Å². The van der Waals surface area contributed by atoms with Crippen LogP contribution in [0.25, 0.3) is 11.4 Å². The number of aliphatic hydroxyl groups is 1. The molecule has 1 aromatic heterocycles. The molecule has 0 amide bonds. The maximum Gasteiger partial charge on any atom is 0.252 e. The van der Waals surface area contributed by atoms with Gasteiger partial charge in [0.25, 0.3) is 5.89 Å². The molecule has 0 bridgehead atoms. The fraction of sp³-hybridized carbons (Fsp3) is 0.200. The Kier molecular flexibility index (Phi) is 2.83. The highest BCUT2D eigenvalue weighted by Crippen LogP contribution is 2.26. The number of benzene rings is 1. The SMILES string of the molecule is Cc1ccc(-c2noc(CO)n2)c(Br)c1. The van der Waals surface area contributed by atoms with E-state index < -0.39 is 0 Å². The number of aryl methyl sites for hydroxylation is 1. The van der Waals surface area contributed by atoms with Crippen molar-refractivity contribution in [1.82, 2.24) is 10.1 Å². The van der Waals surface area contributed by atoms with E-state index in [1.807, 2.05) is 25.1 Å². The summed E-state index contributed by atoms with van der Waals surface area (Å²) in [5, 5.41) is 12.6. The van der Waals surface area contributed by atoms with Crippen LogP contribution in [-0.4, -0.2) is 15.2 Å². The van der Waals surface area contributed by atoms with Crippen molar-refractivity contribution in [2.45, 2.75) is 13.5 Å². The van der Waals surface area contributed by atoms with Crippen LogP contribution in [0.15, 0.2) is 27.2 Å². The van der Waals surface area contributed by atoms with Gasteiger partial charge in [0.1, 0.15) is 6.61 Å². The summed E-state index contributed by atoms with van der Waals surface area (Å²) in [7, 11) is 0. The van der Waals surface area contributed by atoms with Crippen molar-refractivity contribution >= 4 is 15.9 Å². The largest absolute Gasteiger partial charge is 0.387 e. The summed E-state index contributed by atoms with van der Waals surface area (Å²) in [5.41, 5.74) is 2.00. The van der Waals surface area contributed by atoms with Crippen LogP contribution in [0.2, 0.25) is 0 Å². The van der Waals surface area contributed by atoms with E-state index in [2.05, 4.69) is 26.1 Å². The van der Waals surface area contributed by atoms with Gasteiger partial charge in [0, 0.05) is 10.0 Å². The van der Waals surface area contributed by atoms with E-state index in [1.54, 1.807) is 0 Å². The lowest BCUT2D eigenvalue weighted by molar-refractivity contribution is 0.222. The van der Waals surface area contributed by atoms with Crippen molar-refractivity contribution in [2.24, 2.45) is 0 Å². The van der Waals surface area contributed by atoms with Crippen LogP contribution in [0, 0.1) is 6.92 Å². The molecule has 0 aliphatic heterocycles. The Hall–Kier alpha value is -1.20. The molecule has 0 saturated heterocycles. The highest BCUT2D eigenvalue weighted by atomic mass is 79.9. The summed E-state index contributed by atoms with van der Waals surface area (Å²) < 4.78 is 5.73. The van der Waals surface area contributed by atoms with E-state index in [-0.39, 0.29) is 12.5 Å². The Bertz CT molecular complexity index is 482. The maximum atomic E-state index is 8.80. The van der Waals surface area contributed by atoms with Gasteiger partial charge in [-0.2, -0.15) is 4.98 Å². The number of aliphatic hydroxyl groups excluding tert-OH is 1. The van der Waals surface area contributed by atoms with Crippen LogP contribution < -0.4 is 0 Å². The van der Waals surface area contributed by atoms with Gasteiger partial charge in [-0.3, -0.25) is 0 Å². The molecule has 0 unspecified atom stereocenters. The quantitative estimate of drug-likeness (QED) is 0.908. The fourth-order valence-corrected chi connectivity index (χ4v) is 1.90. The Morgan fingerprint density at radius 1 is 1.47 bits per heavy atom. The summed E-state index contributed by atoms with van der Waals surface area (Å²) in [6.07, 6.45) is 0. The number of hydrogen-bond donors (Lipinski definition) is 1. The van der Waals surface area contributed by atoms with Gasteiger partial charge in [0.15, 0.2) is 0 Å². The summed E-state index contributed by atoms with van der Waals surface area (Å²) in [5.74, 6) is 0.698. The van der Waals surface area contributed by atoms with Crippen molar-refractivity contribution < 1.29 is 9.63 Å². The van der Waals surface area contributed by atoms with Gasteiger partial charge in [-0.25, -0.2) is 0 Å². The van der Waals surface area contributed by atoms with E-state index in [4.69, 9.17) is 9.63 Å². The van der Waals surface area contributed by atoms with Crippen LogP contribution >= 0.6 is 15.9 Å². The van der Waals surface area contributed by atoms with E-state index in [0.717, 1.165) is 15.6 Å². The first-order valence-electron chi connectivity index (χ1n) is 4.40. The maximum absolute atomic E-state index is 8.80. The number of rotatable bonds is 2. The predicted octanol–water partition coefficient (Wildman–Crippen LogP) is 2.30. The van der Waals surface area contributed by atoms with E-state index in [0.29, 0.717) is 5.82 Å². The minimum absolute atomic E-state index is 0.220. The van der Waals surface area contributed by atoms with Gasteiger partial charge in [0.2, 0.25) is 5.82 Å². The van der Waals surface area contributed by atoms with Gasteiger partial charge in [-0.15, -0.1) is 0 Å². The molecular formula is C10H9BrN2O2. The minimum Gasteiger partial charge on any atom is -0.387 e. The third-order valence-corrected chi connectivity index (χ3v) is 2.62. The molecule has 0 aliphatic rings. The number of hydrogen-bond acceptors (Lipinski definition) is 4. The van der Waals surface area contributed by atoms with Gasteiger partial charge in [-0.1, -0.05) is 27.2 Å². The zero-order chi connectivity index (χ0) is 10.8. The van der Waals surface area contributed by atoms with Gasteiger partial charge < -0.3 is 9.63 Å². The minimum atomic E-state index is -0.240.